The number of imidazole rings is 1. The first-order chi connectivity index (χ1) is 10.0. The van der Waals surface area contributed by atoms with Gasteiger partial charge in [0.15, 0.2) is 0 Å². The number of carbonyl (C=O) groups is 1. The molecule has 0 radical (unpaired) electrons. The van der Waals surface area contributed by atoms with E-state index >= 15 is 0 Å². The molecule has 2 aromatic rings. The molecule has 0 aliphatic carbocycles. The number of fused-ring (bicyclic) bond motifs is 3. The van der Waals surface area contributed by atoms with Gasteiger partial charge in [0, 0.05) is 16.4 Å². The fourth-order valence-corrected chi connectivity index (χ4v) is 2.56. The molecule has 0 saturated heterocycles. The van der Waals surface area contributed by atoms with E-state index in [-0.39, 0.29) is 5.91 Å². The summed E-state index contributed by atoms with van der Waals surface area (Å²) >= 11 is 3.43. The van der Waals surface area contributed by atoms with E-state index in [2.05, 4.69) is 32.8 Å². The van der Waals surface area contributed by atoms with Gasteiger partial charge in [-0.05, 0) is 25.1 Å². The van der Waals surface area contributed by atoms with Crippen LogP contribution in [0.4, 0.5) is 0 Å². The first-order valence-electron chi connectivity index (χ1n) is 6.51. The Morgan fingerprint density at radius 3 is 3.10 bits per heavy atom. The molecule has 1 aromatic heterocycles. The van der Waals surface area contributed by atoms with Crippen LogP contribution in [0.1, 0.15) is 17.4 Å². The quantitative estimate of drug-likeness (QED) is 0.908. The molecule has 108 valence electrons. The topological polar surface area (TPSA) is 56.2 Å². The van der Waals surface area contributed by atoms with E-state index in [9.17, 15) is 4.79 Å². The number of allylic oxidation sites excluding steroid dienone is 1. The maximum Gasteiger partial charge on any atom is 0.275 e. The van der Waals surface area contributed by atoms with Crippen LogP contribution in [-0.4, -0.2) is 22.1 Å². The molecule has 0 saturated carbocycles. The molecular formula is C15H14BrN3O2. The van der Waals surface area contributed by atoms with Crippen LogP contribution in [0.15, 0.2) is 41.1 Å². The standard InChI is InChI=1S/C15H14BrN3O2/c1-9(2)17-15(20)12-8-19-5-6-21-13-7-10(16)3-4-11(13)14(19)18-12/h3-4,7-8H,1,5-6H2,2H3,(H,17,20). The van der Waals surface area contributed by atoms with Crippen LogP contribution in [0.5, 0.6) is 5.75 Å². The molecule has 0 unspecified atom stereocenters. The Kier molecular flexibility index (Phi) is 3.55. The highest BCUT2D eigenvalue weighted by molar-refractivity contribution is 9.10. The Hall–Kier alpha value is -2.08. The number of amides is 1. The zero-order chi connectivity index (χ0) is 15.0. The molecule has 0 atom stereocenters. The summed E-state index contributed by atoms with van der Waals surface area (Å²) in [5.74, 6) is 1.25. The minimum atomic E-state index is -0.248. The molecular weight excluding hydrogens is 334 g/mol. The average Bonchev–Trinajstić information content (AvgIpc) is 2.75. The van der Waals surface area contributed by atoms with Gasteiger partial charge >= 0.3 is 0 Å². The van der Waals surface area contributed by atoms with Crippen molar-refractivity contribution in [3.63, 3.8) is 0 Å². The number of nitrogens with zero attached hydrogens (tertiary/aromatic N) is 2. The van der Waals surface area contributed by atoms with Gasteiger partial charge in [0.1, 0.15) is 23.9 Å². The number of aromatic nitrogens is 2. The van der Waals surface area contributed by atoms with Crippen molar-refractivity contribution in [1.82, 2.24) is 14.9 Å². The second-order valence-electron chi connectivity index (χ2n) is 4.87. The highest BCUT2D eigenvalue weighted by Gasteiger charge is 2.21. The summed E-state index contributed by atoms with van der Waals surface area (Å²) in [5.41, 5.74) is 1.85. The second kappa shape index (κ2) is 5.37. The molecule has 1 aliphatic rings. The van der Waals surface area contributed by atoms with E-state index in [0.717, 1.165) is 21.6 Å². The lowest BCUT2D eigenvalue weighted by Gasteiger charge is -2.06. The summed E-state index contributed by atoms with van der Waals surface area (Å²) in [6, 6.07) is 5.78. The van der Waals surface area contributed by atoms with E-state index < -0.39 is 0 Å². The van der Waals surface area contributed by atoms with E-state index in [1.54, 1.807) is 13.1 Å². The fourth-order valence-electron chi connectivity index (χ4n) is 2.22. The molecule has 1 N–H and O–H groups in total. The van der Waals surface area contributed by atoms with Crippen LogP contribution in [0.2, 0.25) is 0 Å². The highest BCUT2D eigenvalue weighted by Crippen LogP contribution is 2.34. The van der Waals surface area contributed by atoms with Crippen LogP contribution in [-0.2, 0) is 6.54 Å². The van der Waals surface area contributed by atoms with Gasteiger partial charge < -0.3 is 14.6 Å². The number of carbonyl (C=O) groups excluding carboxylic acids is 1. The molecule has 6 heteroatoms. The van der Waals surface area contributed by atoms with Crippen LogP contribution in [0.3, 0.4) is 0 Å². The number of hydrogen-bond acceptors (Lipinski definition) is 3. The number of hydrogen-bond donors (Lipinski definition) is 1. The Balaban J connectivity index is 2.05. The summed E-state index contributed by atoms with van der Waals surface area (Å²) < 4.78 is 8.61. The number of ether oxygens (including phenoxy) is 1. The lowest BCUT2D eigenvalue weighted by molar-refractivity contribution is 0.0961. The number of rotatable bonds is 2. The molecule has 0 spiro atoms. The van der Waals surface area contributed by atoms with Gasteiger partial charge in [-0.25, -0.2) is 4.98 Å². The maximum atomic E-state index is 12.0. The Labute approximate surface area is 130 Å². The van der Waals surface area contributed by atoms with Gasteiger partial charge in [-0.15, -0.1) is 0 Å². The summed E-state index contributed by atoms with van der Waals surface area (Å²) in [4.78, 5) is 16.5. The van der Waals surface area contributed by atoms with Crippen molar-refractivity contribution in [2.24, 2.45) is 0 Å². The Morgan fingerprint density at radius 1 is 1.52 bits per heavy atom. The number of halogens is 1. The van der Waals surface area contributed by atoms with Gasteiger partial charge in [0.25, 0.3) is 5.91 Å². The van der Waals surface area contributed by atoms with Crippen molar-refractivity contribution in [1.29, 1.82) is 0 Å². The van der Waals surface area contributed by atoms with E-state index in [4.69, 9.17) is 4.74 Å². The predicted octanol–water partition coefficient (Wildman–Crippen LogP) is 2.97. The lowest BCUT2D eigenvalue weighted by Crippen LogP contribution is -2.21. The summed E-state index contributed by atoms with van der Waals surface area (Å²) in [6.45, 7) is 6.59. The molecule has 21 heavy (non-hydrogen) atoms. The Bertz CT molecular complexity index is 737. The van der Waals surface area contributed by atoms with Crippen molar-refractivity contribution in [2.75, 3.05) is 6.61 Å². The van der Waals surface area contributed by atoms with Gasteiger partial charge in [-0.3, -0.25) is 4.79 Å². The first-order valence-corrected chi connectivity index (χ1v) is 7.30. The molecule has 1 amide bonds. The summed E-state index contributed by atoms with van der Waals surface area (Å²) in [5, 5.41) is 2.67. The average molecular weight is 348 g/mol. The van der Waals surface area contributed by atoms with Crippen LogP contribution < -0.4 is 10.1 Å². The third-order valence-corrected chi connectivity index (χ3v) is 3.60. The number of nitrogens with one attached hydrogen (secondary N) is 1. The molecule has 3 rings (SSSR count). The van der Waals surface area contributed by atoms with E-state index in [0.29, 0.717) is 24.5 Å². The van der Waals surface area contributed by atoms with Gasteiger partial charge in [0.2, 0.25) is 0 Å². The zero-order valence-corrected chi connectivity index (χ0v) is 13.1. The molecule has 0 bridgehead atoms. The minimum Gasteiger partial charge on any atom is -0.491 e. The van der Waals surface area contributed by atoms with Crippen molar-refractivity contribution in [3.8, 4) is 17.1 Å². The monoisotopic (exact) mass is 347 g/mol. The largest absolute Gasteiger partial charge is 0.491 e. The lowest BCUT2D eigenvalue weighted by atomic mass is 10.2. The minimum absolute atomic E-state index is 0.248. The van der Waals surface area contributed by atoms with E-state index in [1.165, 1.54) is 0 Å². The van der Waals surface area contributed by atoms with Crippen molar-refractivity contribution in [2.45, 2.75) is 13.5 Å². The van der Waals surface area contributed by atoms with Crippen LogP contribution in [0, 0.1) is 0 Å². The molecule has 1 aliphatic heterocycles. The van der Waals surface area contributed by atoms with Crippen molar-refractivity contribution in [3.05, 3.63) is 46.8 Å². The van der Waals surface area contributed by atoms with Crippen LogP contribution in [0.25, 0.3) is 11.4 Å². The van der Waals surface area contributed by atoms with Gasteiger partial charge in [0.05, 0.1) is 12.1 Å². The fraction of sp³-hybridized carbons (Fsp3) is 0.200. The maximum absolute atomic E-state index is 12.0. The smallest absolute Gasteiger partial charge is 0.275 e. The predicted molar refractivity (Wildman–Crippen MR) is 83.1 cm³/mol. The molecule has 0 fully saturated rings. The van der Waals surface area contributed by atoms with Crippen molar-refractivity contribution < 1.29 is 9.53 Å². The third kappa shape index (κ3) is 2.71. The van der Waals surface area contributed by atoms with E-state index in [1.807, 2.05) is 22.8 Å². The normalized spacial score (nSPS) is 12.7. The zero-order valence-electron chi connectivity index (χ0n) is 11.5. The number of benzene rings is 1. The second-order valence-corrected chi connectivity index (χ2v) is 5.78. The Morgan fingerprint density at radius 2 is 2.33 bits per heavy atom. The molecule has 1 aromatic carbocycles. The summed E-state index contributed by atoms with van der Waals surface area (Å²) in [6.07, 6.45) is 1.74. The molecule has 2 heterocycles. The first kappa shape index (κ1) is 13.9. The van der Waals surface area contributed by atoms with Crippen LogP contribution >= 0.6 is 15.9 Å². The molecule has 5 nitrogen and oxygen atoms in total. The SMILES string of the molecule is C=C(C)NC(=O)c1cn2c(n1)-c1ccc(Br)cc1OCC2. The van der Waals surface area contributed by atoms with Crippen molar-refractivity contribution >= 4 is 21.8 Å². The third-order valence-electron chi connectivity index (χ3n) is 3.11. The van der Waals surface area contributed by atoms with Gasteiger partial charge in [-0.1, -0.05) is 22.5 Å². The highest BCUT2D eigenvalue weighted by atomic mass is 79.9. The summed E-state index contributed by atoms with van der Waals surface area (Å²) in [7, 11) is 0. The van der Waals surface area contributed by atoms with Gasteiger partial charge in [-0.2, -0.15) is 0 Å².